The van der Waals surface area contributed by atoms with Crippen molar-refractivity contribution in [3.63, 3.8) is 0 Å². The molecule has 1 N–H and O–H groups in total. The maximum Gasteiger partial charge on any atom is 0.168 e. The van der Waals surface area contributed by atoms with Crippen LogP contribution >= 0.6 is 0 Å². The number of nitrogens with zero attached hydrogens (tertiary/aromatic N) is 1. The number of halogens is 1. The topological polar surface area (TPSA) is 32.7 Å². The monoisotopic (exact) mass is 295 g/mol. The second-order valence-corrected chi connectivity index (χ2v) is 6.53. The summed E-state index contributed by atoms with van der Waals surface area (Å²) in [5, 5.41) is 10.7. The van der Waals surface area contributed by atoms with Gasteiger partial charge in [0.15, 0.2) is 11.6 Å². The third-order valence-electron chi connectivity index (χ3n) is 4.19. The summed E-state index contributed by atoms with van der Waals surface area (Å²) in [4.78, 5) is 2.38. The smallest absolute Gasteiger partial charge is 0.168 e. The zero-order valence-electron chi connectivity index (χ0n) is 13.2. The number of likely N-dealkylation sites (tertiary alicyclic amines) is 1. The van der Waals surface area contributed by atoms with Crippen molar-refractivity contribution in [1.29, 1.82) is 0 Å². The average molecular weight is 295 g/mol. The fraction of sp³-hybridized carbons (Fsp3) is 0.647. The van der Waals surface area contributed by atoms with Crippen molar-refractivity contribution in [2.24, 2.45) is 5.92 Å². The number of hydrogen-bond acceptors (Lipinski definition) is 3. The fourth-order valence-corrected chi connectivity index (χ4v) is 3.05. The summed E-state index contributed by atoms with van der Waals surface area (Å²) < 4.78 is 19.2. The van der Waals surface area contributed by atoms with Crippen LogP contribution in [0.15, 0.2) is 18.2 Å². The number of piperidine rings is 1. The minimum Gasteiger partial charge on any atom is -0.494 e. The van der Waals surface area contributed by atoms with Crippen LogP contribution in [0.1, 0.15) is 32.3 Å². The van der Waals surface area contributed by atoms with Gasteiger partial charge < -0.3 is 14.7 Å². The zero-order valence-corrected chi connectivity index (χ0v) is 13.2. The maximum absolute atomic E-state index is 14.2. The number of hydrogen-bond donors (Lipinski definition) is 1. The standard InChI is InChI=1S/C17H26FNO2/c1-13(2)12-19-9-7-17(20,8-10-19)11-14-5-4-6-15(21-3)16(14)18/h4-6,13,20H,7-12H2,1-3H3. The van der Waals surface area contributed by atoms with Crippen molar-refractivity contribution in [3.8, 4) is 5.75 Å². The highest BCUT2D eigenvalue weighted by atomic mass is 19.1. The van der Waals surface area contributed by atoms with Crippen LogP contribution in [-0.2, 0) is 6.42 Å². The summed E-state index contributed by atoms with van der Waals surface area (Å²) in [6, 6.07) is 5.11. The number of rotatable bonds is 5. The van der Waals surface area contributed by atoms with E-state index in [1.807, 2.05) is 0 Å². The highest BCUT2D eigenvalue weighted by Crippen LogP contribution is 2.30. The molecule has 0 atom stereocenters. The number of aliphatic hydroxyl groups is 1. The van der Waals surface area contributed by atoms with Gasteiger partial charge in [0.2, 0.25) is 0 Å². The van der Waals surface area contributed by atoms with Crippen LogP contribution < -0.4 is 4.74 Å². The first kappa shape index (κ1) is 16.2. The molecule has 0 aliphatic carbocycles. The Kier molecular flexibility index (Phi) is 5.22. The van der Waals surface area contributed by atoms with Crippen molar-refractivity contribution in [1.82, 2.24) is 4.90 Å². The Balaban J connectivity index is 2.00. The van der Waals surface area contributed by atoms with Crippen LogP contribution in [0, 0.1) is 11.7 Å². The lowest BCUT2D eigenvalue weighted by Gasteiger charge is -2.39. The van der Waals surface area contributed by atoms with Crippen LogP contribution in [0.2, 0.25) is 0 Å². The Hall–Kier alpha value is -1.13. The molecule has 1 aliphatic rings. The first-order valence-corrected chi connectivity index (χ1v) is 7.69. The Morgan fingerprint density at radius 2 is 2.00 bits per heavy atom. The van der Waals surface area contributed by atoms with Gasteiger partial charge in [-0.15, -0.1) is 0 Å². The van der Waals surface area contributed by atoms with Crippen LogP contribution in [0.4, 0.5) is 4.39 Å². The van der Waals surface area contributed by atoms with Gasteiger partial charge in [-0.25, -0.2) is 4.39 Å². The van der Waals surface area contributed by atoms with Crippen LogP contribution in [0.5, 0.6) is 5.75 Å². The second-order valence-electron chi connectivity index (χ2n) is 6.53. The lowest BCUT2D eigenvalue weighted by molar-refractivity contribution is -0.0233. The molecule has 2 rings (SSSR count). The normalized spacial score (nSPS) is 19.0. The summed E-state index contributed by atoms with van der Waals surface area (Å²) >= 11 is 0. The molecule has 0 bridgehead atoms. The van der Waals surface area contributed by atoms with E-state index >= 15 is 0 Å². The van der Waals surface area contributed by atoms with E-state index in [0.717, 1.165) is 19.6 Å². The molecule has 3 nitrogen and oxygen atoms in total. The minimum absolute atomic E-state index is 0.244. The van der Waals surface area contributed by atoms with Crippen molar-refractivity contribution in [2.75, 3.05) is 26.7 Å². The first-order valence-electron chi connectivity index (χ1n) is 7.69. The van der Waals surface area contributed by atoms with Gasteiger partial charge in [-0.2, -0.15) is 0 Å². The molecule has 118 valence electrons. The van der Waals surface area contributed by atoms with Gasteiger partial charge in [0, 0.05) is 26.1 Å². The molecule has 0 aromatic heterocycles. The highest BCUT2D eigenvalue weighted by Gasteiger charge is 2.33. The largest absolute Gasteiger partial charge is 0.494 e. The molecule has 1 aliphatic heterocycles. The van der Waals surface area contributed by atoms with Gasteiger partial charge in [0.05, 0.1) is 12.7 Å². The van der Waals surface area contributed by atoms with Gasteiger partial charge in [-0.3, -0.25) is 0 Å². The first-order chi connectivity index (χ1) is 9.93. The Morgan fingerprint density at radius 1 is 1.33 bits per heavy atom. The highest BCUT2D eigenvalue weighted by molar-refractivity contribution is 5.32. The molecular weight excluding hydrogens is 269 g/mol. The molecule has 1 aromatic carbocycles. The molecule has 1 heterocycles. The van der Waals surface area contributed by atoms with Crippen molar-refractivity contribution in [3.05, 3.63) is 29.6 Å². The quantitative estimate of drug-likeness (QED) is 0.906. The van der Waals surface area contributed by atoms with E-state index in [1.165, 1.54) is 7.11 Å². The summed E-state index contributed by atoms with van der Waals surface area (Å²) in [6.45, 7) is 7.21. The third-order valence-corrected chi connectivity index (χ3v) is 4.19. The maximum atomic E-state index is 14.2. The van der Waals surface area contributed by atoms with Crippen molar-refractivity contribution < 1.29 is 14.2 Å². The summed E-state index contributed by atoms with van der Waals surface area (Å²) in [5.74, 6) is 0.526. The molecule has 1 fully saturated rings. The molecule has 21 heavy (non-hydrogen) atoms. The molecule has 0 spiro atoms. The van der Waals surface area contributed by atoms with Gasteiger partial charge in [0.25, 0.3) is 0 Å². The number of benzene rings is 1. The van der Waals surface area contributed by atoms with Crippen LogP contribution in [-0.4, -0.2) is 42.4 Å². The van der Waals surface area contributed by atoms with Gasteiger partial charge in [-0.1, -0.05) is 26.0 Å². The molecule has 1 saturated heterocycles. The molecule has 0 amide bonds. The van der Waals surface area contributed by atoms with E-state index in [2.05, 4.69) is 18.7 Å². The molecule has 0 radical (unpaired) electrons. The average Bonchev–Trinajstić information content (AvgIpc) is 2.44. The Morgan fingerprint density at radius 3 is 2.57 bits per heavy atom. The summed E-state index contributed by atoms with van der Waals surface area (Å²) in [7, 11) is 1.46. The van der Waals surface area contributed by atoms with E-state index in [0.29, 0.717) is 30.7 Å². The lowest BCUT2D eigenvalue weighted by atomic mass is 9.85. The van der Waals surface area contributed by atoms with E-state index < -0.39 is 5.60 Å². The molecule has 0 unspecified atom stereocenters. The molecule has 0 saturated carbocycles. The third kappa shape index (κ3) is 4.17. The van der Waals surface area contributed by atoms with Crippen LogP contribution in [0.3, 0.4) is 0 Å². The van der Waals surface area contributed by atoms with Crippen molar-refractivity contribution >= 4 is 0 Å². The fourth-order valence-electron chi connectivity index (χ4n) is 3.05. The predicted octanol–water partition coefficient (Wildman–Crippen LogP) is 2.86. The van der Waals surface area contributed by atoms with E-state index in [-0.39, 0.29) is 11.6 Å². The summed E-state index contributed by atoms with van der Waals surface area (Å²) in [6.07, 6.45) is 1.73. The Bertz CT molecular complexity index is 468. The molecule has 4 heteroatoms. The van der Waals surface area contributed by atoms with E-state index in [9.17, 15) is 9.50 Å². The number of methoxy groups -OCH3 is 1. The van der Waals surface area contributed by atoms with E-state index in [1.54, 1.807) is 18.2 Å². The predicted molar refractivity (Wildman–Crippen MR) is 82.1 cm³/mol. The minimum atomic E-state index is -0.805. The Labute approximate surface area is 126 Å². The number of ether oxygens (including phenoxy) is 1. The summed E-state index contributed by atoms with van der Waals surface area (Å²) in [5.41, 5.74) is -0.269. The van der Waals surface area contributed by atoms with Gasteiger partial charge in [0.1, 0.15) is 0 Å². The SMILES string of the molecule is COc1cccc(CC2(O)CCN(CC(C)C)CC2)c1F. The zero-order chi connectivity index (χ0) is 15.5. The van der Waals surface area contributed by atoms with Gasteiger partial charge >= 0.3 is 0 Å². The van der Waals surface area contributed by atoms with Crippen molar-refractivity contribution in [2.45, 2.75) is 38.7 Å². The van der Waals surface area contributed by atoms with Gasteiger partial charge in [-0.05, 0) is 30.4 Å². The molecular formula is C17H26FNO2. The van der Waals surface area contributed by atoms with E-state index in [4.69, 9.17) is 4.74 Å². The molecule has 1 aromatic rings. The second kappa shape index (κ2) is 6.75. The van der Waals surface area contributed by atoms with Crippen LogP contribution in [0.25, 0.3) is 0 Å². The lowest BCUT2D eigenvalue weighted by Crippen LogP contribution is -2.46.